The number of H-pyrrole nitrogens is 1. The predicted molar refractivity (Wildman–Crippen MR) is 101 cm³/mol. The number of carbonyl (C=O) groups is 1. The molecule has 3 aromatic rings. The van der Waals surface area contributed by atoms with Gasteiger partial charge >= 0.3 is 5.63 Å². The third kappa shape index (κ3) is 4.49. The molecule has 3 rings (SSSR count). The predicted octanol–water partition coefficient (Wildman–Crippen LogP) is 2.65. The lowest BCUT2D eigenvalue weighted by Gasteiger charge is -2.12. The molecule has 1 unspecified atom stereocenters. The topological polar surface area (TPSA) is 101 Å². The lowest BCUT2D eigenvalue weighted by Crippen LogP contribution is -2.32. The van der Waals surface area contributed by atoms with Crippen molar-refractivity contribution in [2.45, 2.75) is 39.7 Å². The van der Waals surface area contributed by atoms with Crippen molar-refractivity contribution >= 4 is 5.91 Å². The van der Waals surface area contributed by atoms with Crippen molar-refractivity contribution in [2.75, 3.05) is 0 Å². The van der Waals surface area contributed by atoms with Gasteiger partial charge in [-0.1, -0.05) is 30.3 Å². The summed E-state index contributed by atoms with van der Waals surface area (Å²) in [6.45, 7) is 5.27. The lowest BCUT2D eigenvalue weighted by molar-refractivity contribution is 0.0933. The molecule has 27 heavy (non-hydrogen) atoms. The number of hydrogen-bond acceptors (Lipinski definition) is 5. The summed E-state index contributed by atoms with van der Waals surface area (Å²) >= 11 is 0. The van der Waals surface area contributed by atoms with Crippen molar-refractivity contribution < 1.29 is 9.21 Å². The quantitative estimate of drug-likeness (QED) is 0.698. The fourth-order valence-electron chi connectivity index (χ4n) is 2.87. The Balaban J connectivity index is 1.72. The second-order valence-corrected chi connectivity index (χ2v) is 6.52. The van der Waals surface area contributed by atoms with Crippen molar-refractivity contribution in [1.29, 1.82) is 0 Å². The summed E-state index contributed by atoms with van der Waals surface area (Å²) in [5, 5.41) is 9.49. The van der Waals surface area contributed by atoms with E-state index in [1.54, 1.807) is 26.8 Å². The summed E-state index contributed by atoms with van der Waals surface area (Å²) in [7, 11) is 0. The van der Waals surface area contributed by atoms with Crippen molar-refractivity contribution in [2.24, 2.45) is 0 Å². The van der Waals surface area contributed by atoms with Crippen LogP contribution >= 0.6 is 0 Å². The van der Waals surface area contributed by atoms with Gasteiger partial charge in [-0.05, 0) is 44.4 Å². The SMILES string of the molecule is Cc1nc(C(C)NC(=O)c2c(C)cc(CCc3ccccc3)oc2=O)n[nH]1. The first-order valence-corrected chi connectivity index (χ1v) is 8.81. The van der Waals surface area contributed by atoms with E-state index in [0.717, 1.165) is 12.0 Å². The number of hydrogen-bond donors (Lipinski definition) is 2. The van der Waals surface area contributed by atoms with Gasteiger partial charge in [-0.25, -0.2) is 9.78 Å². The average Bonchev–Trinajstić information content (AvgIpc) is 3.07. The van der Waals surface area contributed by atoms with Crippen molar-refractivity contribution in [3.05, 3.63) is 80.9 Å². The molecule has 2 N–H and O–H groups in total. The summed E-state index contributed by atoms with van der Waals surface area (Å²) in [6.07, 6.45) is 1.35. The van der Waals surface area contributed by atoms with Gasteiger partial charge in [0, 0.05) is 6.42 Å². The highest BCUT2D eigenvalue weighted by Gasteiger charge is 2.20. The van der Waals surface area contributed by atoms with Gasteiger partial charge in [0.2, 0.25) is 0 Å². The fraction of sp³-hybridized carbons (Fsp3) is 0.300. The number of aromatic nitrogens is 3. The number of rotatable bonds is 6. The van der Waals surface area contributed by atoms with E-state index in [9.17, 15) is 9.59 Å². The van der Waals surface area contributed by atoms with Gasteiger partial charge in [-0.15, -0.1) is 0 Å². The van der Waals surface area contributed by atoms with Gasteiger partial charge in [0.25, 0.3) is 5.91 Å². The van der Waals surface area contributed by atoms with Gasteiger partial charge < -0.3 is 9.73 Å². The van der Waals surface area contributed by atoms with Crippen molar-refractivity contribution in [1.82, 2.24) is 20.5 Å². The summed E-state index contributed by atoms with van der Waals surface area (Å²) in [4.78, 5) is 29.1. The third-order valence-electron chi connectivity index (χ3n) is 4.28. The van der Waals surface area contributed by atoms with E-state index < -0.39 is 17.6 Å². The molecule has 1 atom stereocenters. The van der Waals surface area contributed by atoms with E-state index in [1.165, 1.54) is 0 Å². The smallest absolute Gasteiger partial charge is 0.349 e. The van der Waals surface area contributed by atoms with Crippen LogP contribution in [-0.4, -0.2) is 21.1 Å². The van der Waals surface area contributed by atoms with E-state index in [-0.39, 0.29) is 5.56 Å². The molecule has 0 bridgehead atoms. The second kappa shape index (κ2) is 7.99. The number of benzene rings is 1. The highest BCUT2D eigenvalue weighted by atomic mass is 16.4. The van der Waals surface area contributed by atoms with Crippen LogP contribution in [0.5, 0.6) is 0 Å². The van der Waals surface area contributed by atoms with Crippen LogP contribution in [-0.2, 0) is 12.8 Å². The molecule has 0 aliphatic rings. The van der Waals surface area contributed by atoms with Gasteiger partial charge in [0.15, 0.2) is 5.82 Å². The molecule has 2 aromatic heterocycles. The minimum atomic E-state index is -0.631. The highest BCUT2D eigenvalue weighted by Crippen LogP contribution is 2.12. The van der Waals surface area contributed by atoms with Gasteiger partial charge in [-0.2, -0.15) is 5.10 Å². The average molecular weight is 366 g/mol. The fourth-order valence-corrected chi connectivity index (χ4v) is 2.87. The highest BCUT2D eigenvalue weighted by molar-refractivity contribution is 5.95. The number of carbonyl (C=O) groups excluding carboxylic acids is 1. The van der Waals surface area contributed by atoms with E-state index in [1.807, 2.05) is 30.3 Å². The summed E-state index contributed by atoms with van der Waals surface area (Å²) < 4.78 is 5.37. The van der Waals surface area contributed by atoms with Crippen LogP contribution in [0.1, 0.15) is 51.9 Å². The van der Waals surface area contributed by atoms with Crippen LogP contribution in [0.25, 0.3) is 0 Å². The van der Waals surface area contributed by atoms with Crippen LogP contribution in [0.3, 0.4) is 0 Å². The second-order valence-electron chi connectivity index (χ2n) is 6.52. The van der Waals surface area contributed by atoms with Crippen LogP contribution in [0.4, 0.5) is 0 Å². The van der Waals surface area contributed by atoms with E-state index >= 15 is 0 Å². The zero-order valence-corrected chi connectivity index (χ0v) is 15.6. The summed E-state index contributed by atoms with van der Waals surface area (Å²) in [5.74, 6) is 1.19. The minimum absolute atomic E-state index is 0.0116. The Kier molecular flexibility index (Phi) is 5.49. The van der Waals surface area contributed by atoms with Gasteiger partial charge in [0.1, 0.15) is 17.1 Å². The summed E-state index contributed by atoms with van der Waals surface area (Å²) in [5.41, 5.74) is 1.13. The minimum Gasteiger partial charge on any atom is -0.427 e. The van der Waals surface area contributed by atoms with Crippen LogP contribution in [0.15, 0.2) is 45.6 Å². The molecule has 0 saturated heterocycles. The molecule has 0 saturated carbocycles. The number of aryl methyl sites for hydroxylation is 4. The van der Waals surface area contributed by atoms with Crippen LogP contribution in [0.2, 0.25) is 0 Å². The first kappa shape index (κ1) is 18.6. The Morgan fingerprint density at radius 3 is 2.59 bits per heavy atom. The third-order valence-corrected chi connectivity index (χ3v) is 4.28. The number of nitrogens with one attached hydrogen (secondary N) is 2. The lowest BCUT2D eigenvalue weighted by atomic mass is 10.1. The number of amides is 1. The molecule has 2 heterocycles. The van der Waals surface area contributed by atoms with Crippen LogP contribution in [0, 0.1) is 13.8 Å². The molecule has 1 aromatic carbocycles. The maximum Gasteiger partial charge on any atom is 0.349 e. The van der Waals surface area contributed by atoms with Crippen molar-refractivity contribution in [3.63, 3.8) is 0 Å². The standard InChI is InChI=1S/C20H22N4O3/c1-12-11-16(10-9-15-7-5-4-6-8-15)27-20(26)17(12)19(25)21-13(2)18-22-14(3)23-24-18/h4-8,11,13H,9-10H2,1-3H3,(H,21,25)(H,22,23,24). The van der Waals surface area contributed by atoms with Crippen molar-refractivity contribution in [3.8, 4) is 0 Å². The molecular formula is C20H22N4O3. The number of aromatic amines is 1. The Labute approximate surface area is 156 Å². The van der Waals surface area contributed by atoms with E-state index in [4.69, 9.17) is 4.42 Å². The monoisotopic (exact) mass is 366 g/mol. The zero-order valence-electron chi connectivity index (χ0n) is 15.6. The Morgan fingerprint density at radius 2 is 1.96 bits per heavy atom. The maximum absolute atomic E-state index is 12.5. The molecule has 0 aliphatic heterocycles. The molecule has 0 fully saturated rings. The molecule has 0 radical (unpaired) electrons. The van der Waals surface area contributed by atoms with Gasteiger partial charge in [0.05, 0.1) is 6.04 Å². The van der Waals surface area contributed by atoms with Gasteiger partial charge in [-0.3, -0.25) is 9.89 Å². The Morgan fingerprint density at radius 1 is 1.22 bits per heavy atom. The number of nitrogens with zero attached hydrogens (tertiary/aromatic N) is 2. The maximum atomic E-state index is 12.5. The Hall–Kier alpha value is -3.22. The largest absolute Gasteiger partial charge is 0.427 e. The zero-order chi connectivity index (χ0) is 19.4. The molecule has 0 aliphatic carbocycles. The molecule has 140 valence electrons. The normalized spacial score (nSPS) is 12.0. The van der Waals surface area contributed by atoms with E-state index in [0.29, 0.717) is 29.4 Å². The van der Waals surface area contributed by atoms with E-state index in [2.05, 4.69) is 20.5 Å². The van der Waals surface area contributed by atoms with Crippen LogP contribution < -0.4 is 10.9 Å². The molecule has 0 spiro atoms. The summed E-state index contributed by atoms with van der Waals surface area (Å²) in [6, 6.07) is 11.3. The molecule has 7 nitrogen and oxygen atoms in total. The molecular weight excluding hydrogens is 344 g/mol. The first-order valence-electron chi connectivity index (χ1n) is 8.81. The first-order chi connectivity index (χ1) is 12.9. The molecule has 1 amide bonds. The molecule has 7 heteroatoms. The Bertz CT molecular complexity index is 992.